The summed E-state index contributed by atoms with van der Waals surface area (Å²) in [6.45, 7) is 0. The fourth-order valence-electron chi connectivity index (χ4n) is 2.26. The second-order valence-electron chi connectivity index (χ2n) is 5.92. The zero-order valence-corrected chi connectivity index (χ0v) is 14.5. The zero-order valence-electron chi connectivity index (χ0n) is 14.5. The number of carbonyl (C=O) groups is 1. The SMILES string of the molecule is O=C(NC(Nc1ccccc1C(F)(F)F)(C(F)(F)F)C(F)(F)F)C(C(F)(F)F)C(F)(F)F. The first kappa shape index (κ1) is 27.5. The minimum atomic E-state index is -6.98. The monoisotopic (exact) mass is 504 g/mol. The Balaban J connectivity index is 3.74. The zero-order chi connectivity index (χ0) is 25.6. The fourth-order valence-corrected chi connectivity index (χ4v) is 2.26. The van der Waals surface area contributed by atoms with Gasteiger partial charge in [-0.25, -0.2) is 0 Å². The normalized spacial score (nSPS) is 14.5. The van der Waals surface area contributed by atoms with Crippen LogP contribution in [0.25, 0.3) is 0 Å². The minimum absolute atomic E-state index is 0.0216. The van der Waals surface area contributed by atoms with Gasteiger partial charge >= 0.3 is 36.5 Å². The first-order chi connectivity index (χ1) is 14.0. The van der Waals surface area contributed by atoms with Crippen LogP contribution < -0.4 is 10.6 Å². The van der Waals surface area contributed by atoms with Crippen LogP contribution in [0.15, 0.2) is 24.3 Å². The van der Waals surface area contributed by atoms with E-state index >= 15 is 0 Å². The molecular weight excluding hydrogens is 497 g/mol. The molecule has 0 radical (unpaired) electrons. The van der Waals surface area contributed by atoms with Gasteiger partial charge in [0.1, 0.15) is 0 Å². The molecule has 18 heteroatoms. The van der Waals surface area contributed by atoms with E-state index in [-0.39, 0.29) is 17.4 Å². The molecule has 0 fully saturated rings. The smallest absolute Gasteiger partial charge is 0.347 e. The Morgan fingerprint density at radius 1 is 0.688 bits per heavy atom. The Hall–Kier alpha value is -2.56. The number of amides is 1. The van der Waals surface area contributed by atoms with Gasteiger partial charge in [0.25, 0.3) is 0 Å². The van der Waals surface area contributed by atoms with Crippen molar-refractivity contribution in [3.05, 3.63) is 29.8 Å². The van der Waals surface area contributed by atoms with Crippen LogP contribution >= 0.6 is 0 Å². The van der Waals surface area contributed by atoms with Gasteiger partial charge in [0.15, 0.2) is 0 Å². The first-order valence-electron chi connectivity index (χ1n) is 7.48. The van der Waals surface area contributed by atoms with E-state index in [2.05, 4.69) is 0 Å². The highest BCUT2D eigenvalue weighted by Crippen LogP contribution is 2.47. The third kappa shape index (κ3) is 5.62. The molecule has 0 aliphatic carbocycles. The average Bonchev–Trinajstić information content (AvgIpc) is 2.48. The summed E-state index contributed by atoms with van der Waals surface area (Å²) < 4.78 is 194. The van der Waals surface area contributed by atoms with E-state index in [9.17, 15) is 70.7 Å². The van der Waals surface area contributed by atoms with E-state index in [1.54, 1.807) is 0 Å². The second kappa shape index (κ2) is 8.09. The third-order valence-electron chi connectivity index (χ3n) is 3.63. The van der Waals surface area contributed by atoms with Crippen LogP contribution in [-0.2, 0) is 11.0 Å². The largest absolute Gasteiger partial charge is 0.439 e. The molecule has 3 nitrogen and oxygen atoms in total. The number of anilines is 1. The number of alkyl halides is 15. The molecule has 0 aromatic heterocycles. The number of halogens is 15. The van der Waals surface area contributed by atoms with E-state index in [1.165, 1.54) is 0 Å². The van der Waals surface area contributed by atoms with E-state index in [0.29, 0.717) is 12.1 Å². The maximum Gasteiger partial charge on any atom is 0.439 e. The van der Waals surface area contributed by atoms with Gasteiger partial charge in [-0.05, 0) is 12.1 Å². The summed E-state index contributed by atoms with van der Waals surface area (Å²) in [5.41, 5.74) is -10.4. The predicted molar refractivity (Wildman–Crippen MR) is 73.7 cm³/mol. The number of hydrogen-bond acceptors (Lipinski definition) is 2. The van der Waals surface area contributed by atoms with Crippen LogP contribution in [0.2, 0.25) is 0 Å². The molecule has 0 unspecified atom stereocenters. The van der Waals surface area contributed by atoms with E-state index in [4.69, 9.17) is 0 Å². The van der Waals surface area contributed by atoms with Crippen LogP contribution in [0.5, 0.6) is 0 Å². The minimum Gasteiger partial charge on any atom is -0.347 e. The number of rotatable bonds is 4. The number of hydrogen-bond donors (Lipinski definition) is 2. The van der Waals surface area contributed by atoms with Crippen molar-refractivity contribution in [1.82, 2.24) is 5.32 Å². The maximum absolute atomic E-state index is 13.4. The number of nitrogens with one attached hydrogen (secondary N) is 2. The lowest BCUT2D eigenvalue weighted by Gasteiger charge is -2.40. The lowest BCUT2D eigenvalue weighted by molar-refractivity contribution is -0.304. The van der Waals surface area contributed by atoms with Gasteiger partial charge in [0.2, 0.25) is 11.8 Å². The van der Waals surface area contributed by atoms with Crippen molar-refractivity contribution in [3.8, 4) is 0 Å². The molecule has 0 aliphatic rings. The van der Waals surface area contributed by atoms with Gasteiger partial charge in [-0.3, -0.25) is 4.79 Å². The lowest BCUT2D eigenvalue weighted by Crippen LogP contribution is -2.73. The summed E-state index contributed by atoms with van der Waals surface area (Å²) in [5, 5.41) is -0.257. The van der Waals surface area contributed by atoms with Gasteiger partial charge in [0, 0.05) is 5.69 Å². The highest BCUT2D eigenvalue weighted by Gasteiger charge is 2.74. The lowest BCUT2D eigenvalue weighted by atomic mass is 10.0. The van der Waals surface area contributed by atoms with Crippen LogP contribution in [-0.4, -0.2) is 36.3 Å². The molecule has 1 aromatic rings. The second-order valence-corrected chi connectivity index (χ2v) is 5.92. The summed E-state index contributed by atoms with van der Waals surface area (Å²) in [5.74, 6) is -9.23. The molecule has 32 heavy (non-hydrogen) atoms. The Bertz CT molecular complexity index is 788. The van der Waals surface area contributed by atoms with Crippen molar-refractivity contribution >= 4 is 11.6 Å². The molecule has 1 rings (SSSR count). The van der Waals surface area contributed by atoms with Crippen LogP contribution in [0, 0.1) is 5.92 Å². The fraction of sp³-hybridized carbons (Fsp3) is 0.500. The average molecular weight is 504 g/mol. The summed E-state index contributed by atoms with van der Waals surface area (Å²) in [6, 6.07) is 0.937. The van der Waals surface area contributed by atoms with Crippen molar-refractivity contribution in [2.24, 2.45) is 5.92 Å². The number of para-hydroxylation sites is 1. The summed E-state index contributed by atoms with van der Waals surface area (Å²) in [4.78, 5) is 11.4. The Labute approximate surface area is 166 Å². The Kier molecular flexibility index (Phi) is 6.95. The number of carbonyl (C=O) groups excluding carboxylic acids is 1. The highest BCUT2D eigenvalue weighted by molar-refractivity contribution is 5.82. The maximum atomic E-state index is 13.4. The van der Waals surface area contributed by atoms with Crippen LogP contribution in [0.1, 0.15) is 5.56 Å². The molecule has 184 valence electrons. The Morgan fingerprint density at radius 3 is 1.44 bits per heavy atom. The van der Waals surface area contributed by atoms with Crippen molar-refractivity contribution in [3.63, 3.8) is 0 Å². The molecule has 0 heterocycles. The van der Waals surface area contributed by atoms with Gasteiger partial charge < -0.3 is 10.6 Å². The molecule has 1 aromatic carbocycles. The van der Waals surface area contributed by atoms with Gasteiger partial charge in [0.05, 0.1) is 5.56 Å². The molecule has 0 saturated carbocycles. The molecule has 2 N–H and O–H groups in total. The summed E-state index contributed by atoms with van der Waals surface area (Å²) >= 11 is 0. The topological polar surface area (TPSA) is 41.1 Å². The van der Waals surface area contributed by atoms with E-state index < -0.39 is 64.9 Å². The molecule has 0 bridgehead atoms. The third-order valence-corrected chi connectivity index (χ3v) is 3.63. The van der Waals surface area contributed by atoms with Crippen molar-refractivity contribution < 1.29 is 70.7 Å². The summed E-state index contributed by atoms with van der Waals surface area (Å²) in [7, 11) is 0. The van der Waals surface area contributed by atoms with Crippen molar-refractivity contribution in [2.75, 3.05) is 5.32 Å². The molecule has 0 saturated heterocycles. The number of benzene rings is 1. The van der Waals surface area contributed by atoms with Gasteiger partial charge in [-0.1, -0.05) is 12.1 Å². The van der Waals surface area contributed by atoms with Crippen LogP contribution in [0.4, 0.5) is 71.5 Å². The molecular formula is C14H7F15N2O. The molecule has 0 spiro atoms. The van der Waals surface area contributed by atoms with Gasteiger partial charge in [-0.15, -0.1) is 0 Å². The molecule has 0 atom stereocenters. The van der Waals surface area contributed by atoms with E-state index in [1.807, 2.05) is 0 Å². The van der Waals surface area contributed by atoms with Gasteiger partial charge in [-0.2, -0.15) is 65.9 Å². The summed E-state index contributed by atoms with van der Waals surface area (Å²) in [6.07, 6.45) is -33.0. The standard InChI is InChI=1S/C14H7F15N2O/c15-9(16,17)5-3-1-2-4-6(5)30-12(13(24,25)26,14(27,28)29)31-8(32)7(10(18,19)20)11(21,22)23/h1-4,7,30H,(H,31,32). The first-order valence-corrected chi connectivity index (χ1v) is 7.48. The highest BCUT2D eigenvalue weighted by atomic mass is 19.4. The molecule has 1 amide bonds. The molecule has 0 aliphatic heterocycles. The predicted octanol–water partition coefficient (Wildman–Crippen LogP) is 5.80. The quantitative estimate of drug-likeness (QED) is 0.403. The van der Waals surface area contributed by atoms with Crippen molar-refractivity contribution in [1.29, 1.82) is 0 Å². The van der Waals surface area contributed by atoms with Crippen LogP contribution in [0.3, 0.4) is 0 Å². The van der Waals surface area contributed by atoms with Crippen molar-refractivity contribution in [2.45, 2.75) is 36.5 Å². The Morgan fingerprint density at radius 2 is 1.09 bits per heavy atom. The van der Waals surface area contributed by atoms with E-state index in [0.717, 1.165) is 0 Å².